The van der Waals surface area contributed by atoms with Gasteiger partial charge in [0.25, 0.3) is 0 Å². The van der Waals surface area contributed by atoms with Gasteiger partial charge in [0.2, 0.25) is 0 Å². The first-order valence-electron chi connectivity index (χ1n) is 33.0. The van der Waals surface area contributed by atoms with Gasteiger partial charge >= 0.3 is 17.9 Å². The molecule has 6 nitrogen and oxygen atoms in total. The van der Waals surface area contributed by atoms with E-state index in [-0.39, 0.29) is 31.1 Å². The monoisotopic (exact) mass is 1040 g/mol. The van der Waals surface area contributed by atoms with Crippen LogP contribution in [-0.4, -0.2) is 37.2 Å². The van der Waals surface area contributed by atoms with Crippen LogP contribution in [0, 0.1) is 0 Å². The Labute approximate surface area is 461 Å². The second-order valence-electron chi connectivity index (χ2n) is 22.4. The highest BCUT2D eigenvalue weighted by molar-refractivity contribution is 5.71. The van der Waals surface area contributed by atoms with Gasteiger partial charge in [-0.25, -0.2) is 0 Å². The second-order valence-corrected chi connectivity index (χ2v) is 22.4. The molecule has 0 heterocycles. The van der Waals surface area contributed by atoms with E-state index in [1.165, 1.54) is 250 Å². The molecule has 0 saturated heterocycles. The van der Waals surface area contributed by atoms with E-state index >= 15 is 0 Å². The van der Waals surface area contributed by atoms with E-state index in [0.29, 0.717) is 19.3 Å². The first-order valence-corrected chi connectivity index (χ1v) is 33.0. The standard InChI is InChI=1S/C68H126O6/c1-4-7-10-13-16-19-22-24-26-28-30-31-32-33-34-35-36-37-39-40-42-44-46-49-52-55-58-61-67(70)73-64-65(63-72-66(69)60-57-54-51-48-21-18-15-12-9-6-3)74-68(71)62-59-56-53-50-47-45-43-41-38-29-27-25-23-20-17-14-11-8-5-2/h22,24,28,30,32-33,65H,4-21,23,25-27,29,31,34-64H2,1-3H3/b24-22-,30-28-,33-32-. The van der Waals surface area contributed by atoms with Gasteiger partial charge in [-0.05, 0) is 57.8 Å². The summed E-state index contributed by atoms with van der Waals surface area (Å²) in [5.41, 5.74) is 0. The van der Waals surface area contributed by atoms with Crippen molar-refractivity contribution in [3.63, 3.8) is 0 Å². The molecule has 0 spiro atoms. The van der Waals surface area contributed by atoms with Crippen molar-refractivity contribution in [2.75, 3.05) is 13.2 Å². The quantitative estimate of drug-likeness (QED) is 0.0261. The molecule has 0 fully saturated rings. The number of hydrogen-bond donors (Lipinski definition) is 0. The maximum absolute atomic E-state index is 12.9. The fourth-order valence-corrected chi connectivity index (χ4v) is 9.92. The fraction of sp³-hybridized carbons (Fsp3) is 0.868. The van der Waals surface area contributed by atoms with E-state index < -0.39 is 6.10 Å². The molecule has 0 aromatic heterocycles. The first-order chi connectivity index (χ1) is 36.5. The molecule has 0 aliphatic rings. The van der Waals surface area contributed by atoms with E-state index in [4.69, 9.17) is 14.2 Å². The molecule has 0 aliphatic heterocycles. The minimum atomic E-state index is -0.768. The van der Waals surface area contributed by atoms with E-state index in [9.17, 15) is 14.4 Å². The summed E-state index contributed by atoms with van der Waals surface area (Å²) >= 11 is 0. The lowest BCUT2D eigenvalue weighted by Crippen LogP contribution is -2.30. The van der Waals surface area contributed by atoms with Crippen molar-refractivity contribution in [2.24, 2.45) is 0 Å². The summed E-state index contributed by atoms with van der Waals surface area (Å²) in [6.07, 6.45) is 77.3. The van der Waals surface area contributed by atoms with Gasteiger partial charge < -0.3 is 14.2 Å². The summed E-state index contributed by atoms with van der Waals surface area (Å²) < 4.78 is 16.9. The van der Waals surface area contributed by atoms with Crippen molar-refractivity contribution in [3.05, 3.63) is 36.5 Å². The van der Waals surface area contributed by atoms with Crippen molar-refractivity contribution in [1.29, 1.82) is 0 Å². The molecule has 0 aliphatic carbocycles. The maximum atomic E-state index is 12.9. The molecule has 0 aromatic rings. The molecule has 0 rings (SSSR count). The highest BCUT2D eigenvalue weighted by Crippen LogP contribution is 2.18. The van der Waals surface area contributed by atoms with Crippen molar-refractivity contribution < 1.29 is 28.6 Å². The van der Waals surface area contributed by atoms with Crippen LogP contribution in [0.15, 0.2) is 36.5 Å². The van der Waals surface area contributed by atoms with Crippen molar-refractivity contribution >= 4 is 17.9 Å². The molecular formula is C68H126O6. The Morgan fingerprint density at radius 3 is 0.757 bits per heavy atom. The molecule has 0 saturated carbocycles. The Morgan fingerprint density at radius 1 is 0.270 bits per heavy atom. The van der Waals surface area contributed by atoms with Gasteiger partial charge in [-0.1, -0.05) is 320 Å². The molecule has 1 unspecified atom stereocenters. The highest BCUT2D eigenvalue weighted by Gasteiger charge is 2.19. The number of carbonyl (C=O) groups excluding carboxylic acids is 3. The number of esters is 3. The van der Waals surface area contributed by atoms with E-state index in [2.05, 4.69) is 57.2 Å². The van der Waals surface area contributed by atoms with Crippen molar-refractivity contribution in [3.8, 4) is 0 Å². The van der Waals surface area contributed by atoms with Gasteiger partial charge in [-0.15, -0.1) is 0 Å². The lowest BCUT2D eigenvalue weighted by atomic mass is 10.0. The topological polar surface area (TPSA) is 78.9 Å². The van der Waals surface area contributed by atoms with Crippen LogP contribution in [0.2, 0.25) is 0 Å². The Morgan fingerprint density at radius 2 is 0.486 bits per heavy atom. The zero-order valence-corrected chi connectivity index (χ0v) is 49.9. The predicted octanol–water partition coefficient (Wildman–Crippen LogP) is 22.4. The van der Waals surface area contributed by atoms with Gasteiger partial charge in [0.15, 0.2) is 6.10 Å². The SMILES string of the molecule is CCCCCCC/C=C\C/C=C\C/C=C\CCCCCCCCCCCCCCC(=O)OCC(COC(=O)CCCCCCCCCCCC)OC(=O)CCCCCCCCCCCCCCCCCCCCC. The third-order valence-corrected chi connectivity index (χ3v) is 14.9. The summed E-state index contributed by atoms with van der Waals surface area (Å²) in [5.74, 6) is -0.845. The number of rotatable bonds is 61. The molecule has 434 valence electrons. The van der Waals surface area contributed by atoms with Gasteiger partial charge in [0, 0.05) is 19.3 Å². The fourth-order valence-electron chi connectivity index (χ4n) is 9.92. The average Bonchev–Trinajstić information content (AvgIpc) is 3.40. The smallest absolute Gasteiger partial charge is 0.306 e. The van der Waals surface area contributed by atoms with Crippen LogP contribution in [0.5, 0.6) is 0 Å². The Hall–Kier alpha value is -2.37. The van der Waals surface area contributed by atoms with E-state index in [0.717, 1.165) is 70.6 Å². The summed E-state index contributed by atoms with van der Waals surface area (Å²) in [6.45, 7) is 6.68. The molecule has 74 heavy (non-hydrogen) atoms. The summed E-state index contributed by atoms with van der Waals surface area (Å²) in [6, 6.07) is 0. The average molecular weight is 1040 g/mol. The molecule has 0 amide bonds. The zero-order valence-electron chi connectivity index (χ0n) is 49.9. The third kappa shape index (κ3) is 60.5. The minimum Gasteiger partial charge on any atom is -0.462 e. The minimum absolute atomic E-state index is 0.0668. The number of ether oxygens (including phenoxy) is 3. The van der Waals surface area contributed by atoms with Crippen LogP contribution in [0.25, 0.3) is 0 Å². The zero-order chi connectivity index (χ0) is 53.6. The number of unbranched alkanes of at least 4 members (excludes halogenated alkanes) is 44. The molecule has 0 aromatic carbocycles. The number of carbonyl (C=O) groups is 3. The van der Waals surface area contributed by atoms with Gasteiger partial charge in [-0.2, -0.15) is 0 Å². The van der Waals surface area contributed by atoms with Gasteiger partial charge in [0.1, 0.15) is 13.2 Å². The summed E-state index contributed by atoms with van der Waals surface area (Å²) in [7, 11) is 0. The molecule has 0 radical (unpaired) electrons. The van der Waals surface area contributed by atoms with Crippen molar-refractivity contribution in [2.45, 2.75) is 367 Å². The van der Waals surface area contributed by atoms with Crippen LogP contribution in [0.4, 0.5) is 0 Å². The third-order valence-electron chi connectivity index (χ3n) is 14.9. The Balaban J connectivity index is 4.17. The molecule has 6 heteroatoms. The van der Waals surface area contributed by atoms with Crippen molar-refractivity contribution in [1.82, 2.24) is 0 Å². The summed E-state index contributed by atoms with van der Waals surface area (Å²) in [5, 5.41) is 0. The first kappa shape index (κ1) is 71.6. The molecule has 0 bridgehead atoms. The predicted molar refractivity (Wildman–Crippen MR) is 321 cm³/mol. The van der Waals surface area contributed by atoms with E-state index in [1.54, 1.807) is 0 Å². The van der Waals surface area contributed by atoms with Crippen LogP contribution in [0.1, 0.15) is 361 Å². The van der Waals surface area contributed by atoms with E-state index in [1.807, 2.05) is 0 Å². The van der Waals surface area contributed by atoms with Crippen LogP contribution >= 0.6 is 0 Å². The number of hydrogen-bond acceptors (Lipinski definition) is 6. The lowest BCUT2D eigenvalue weighted by Gasteiger charge is -2.18. The normalized spacial score (nSPS) is 12.2. The lowest BCUT2D eigenvalue weighted by molar-refractivity contribution is -0.167. The summed E-state index contributed by atoms with van der Waals surface area (Å²) in [4.78, 5) is 38.2. The van der Waals surface area contributed by atoms with Gasteiger partial charge in [-0.3, -0.25) is 14.4 Å². The van der Waals surface area contributed by atoms with Crippen LogP contribution in [-0.2, 0) is 28.6 Å². The van der Waals surface area contributed by atoms with Crippen LogP contribution < -0.4 is 0 Å². The largest absolute Gasteiger partial charge is 0.462 e. The molecular weight excluding hydrogens is 913 g/mol. The second kappa shape index (κ2) is 63.2. The van der Waals surface area contributed by atoms with Crippen LogP contribution in [0.3, 0.4) is 0 Å². The van der Waals surface area contributed by atoms with Gasteiger partial charge in [0.05, 0.1) is 0 Å². The number of allylic oxidation sites excluding steroid dienone is 6. The Kier molecular flexibility index (Phi) is 61.1. The molecule has 1 atom stereocenters. The highest BCUT2D eigenvalue weighted by atomic mass is 16.6. The maximum Gasteiger partial charge on any atom is 0.306 e. The molecule has 0 N–H and O–H groups in total. The Bertz CT molecular complexity index is 1240.